The van der Waals surface area contributed by atoms with Crippen molar-refractivity contribution in [2.45, 2.75) is 89.6 Å². The van der Waals surface area contributed by atoms with Crippen molar-refractivity contribution in [2.75, 3.05) is 17.2 Å². The van der Waals surface area contributed by atoms with Crippen molar-refractivity contribution in [3.8, 4) is 0 Å². The summed E-state index contributed by atoms with van der Waals surface area (Å²) >= 11 is 1.89. The topological polar surface area (TPSA) is 126 Å². The van der Waals surface area contributed by atoms with Gasteiger partial charge in [0.05, 0.1) is 23.5 Å². The molecule has 11 heteroatoms. The monoisotopic (exact) mass is 551 g/mol. The number of nitrogens with zero attached hydrogens (tertiary/aromatic N) is 5. The van der Waals surface area contributed by atoms with E-state index in [1.807, 2.05) is 30.2 Å². The Labute approximate surface area is 232 Å². The molecule has 1 unspecified atom stereocenters. The van der Waals surface area contributed by atoms with Crippen LogP contribution >= 0.6 is 11.8 Å². The summed E-state index contributed by atoms with van der Waals surface area (Å²) in [6.45, 7) is 10.6. The maximum Gasteiger partial charge on any atom is 0.167 e. The summed E-state index contributed by atoms with van der Waals surface area (Å²) in [5.41, 5.74) is 10.8. The van der Waals surface area contributed by atoms with Crippen LogP contribution in [0.5, 0.6) is 0 Å². The van der Waals surface area contributed by atoms with Crippen LogP contribution in [0.2, 0.25) is 0 Å². The number of nitrogens with two attached hydrogens (primary N) is 1. The lowest BCUT2D eigenvalue weighted by Gasteiger charge is -2.24. The van der Waals surface area contributed by atoms with E-state index in [9.17, 15) is 0 Å². The second-order valence-corrected chi connectivity index (χ2v) is 13.1. The Bertz CT molecular complexity index is 1480. The maximum absolute atomic E-state index is 6.49. The summed E-state index contributed by atoms with van der Waals surface area (Å²) in [5, 5.41) is 0. The third-order valence-corrected chi connectivity index (χ3v) is 8.56. The molecule has 0 bridgehead atoms. The minimum Gasteiger partial charge on any atom is -0.382 e. The van der Waals surface area contributed by atoms with E-state index in [4.69, 9.17) is 24.9 Å². The number of H-pyrrole nitrogens is 1. The average molecular weight is 552 g/mol. The van der Waals surface area contributed by atoms with Crippen molar-refractivity contribution in [3.05, 3.63) is 42.2 Å². The fourth-order valence-electron chi connectivity index (χ4n) is 5.42. The maximum atomic E-state index is 6.49. The molecular formula is C28H37N7O3S. The zero-order chi connectivity index (χ0) is 27.4. The van der Waals surface area contributed by atoms with Gasteiger partial charge in [-0.1, -0.05) is 26.8 Å². The van der Waals surface area contributed by atoms with Gasteiger partial charge in [0, 0.05) is 12.2 Å². The van der Waals surface area contributed by atoms with Gasteiger partial charge >= 0.3 is 0 Å². The number of imidazole rings is 2. The molecule has 10 nitrogen and oxygen atoms in total. The molecule has 0 saturated carbocycles. The number of aryl methyl sites for hydroxylation is 1. The van der Waals surface area contributed by atoms with Crippen molar-refractivity contribution in [1.29, 1.82) is 0 Å². The molecule has 2 saturated heterocycles. The highest BCUT2D eigenvalue weighted by Gasteiger charge is 2.56. The summed E-state index contributed by atoms with van der Waals surface area (Å²) in [4.78, 5) is 21.2. The molecule has 2 fully saturated rings. The molecule has 6 rings (SSSR count). The van der Waals surface area contributed by atoms with Crippen molar-refractivity contribution >= 4 is 39.8 Å². The Kier molecular flexibility index (Phi) is 6.81. The summed E-state index contributed by atoms with van der Waals surface area (Å²) in [7, 11) is 0. The molecule has 2 aliphatic rings. The molecule has 4 atom stereocenters. The van der Waals surface area contributed by atoms with Crippen molar-refractivity contribution in [2.24, 2.45) is 0 Å². The molecule has 0 spiro atoms. The Balaban J connectivity index is 1.03. The molecule has 1 aromatic carbocycles. The molecule has 208 valence electrons. The van der Waals surface area contributed by atoms with Crippen LogP contribution in [0.25, 0.3) is 22.2 Å². The third-order valence-electron chi connectivity index (χ3n) is 7.42. The van der Waals surface area contributed by atoms with Gasteiger partial charge < -0.3 is 24.9 Å². The van der Waals surface area contributed by atoms with Gasteiger partial charge in [0.2, 0.25) is 0 Å². The molecule has 4 aromatic rings. The highest BCUT2D eigenvalue weighted by atomic mass is 32.2. The first kappa shape index (κ1) is 26.5. The van der Waals surface area contributed by atoms with E-state index in [1.54, 1.807) is 6.33 Å². The number of rotatable bonds is 8. The predicted octanol–water partition coefficient (Wildman–Crippen LogP) is 4.76. The lowest BCUT2D eigenvalue weighted by molar-refractivity contribution is -0.193. The highest BCUT2D eigenvalue weighted by Crippen LogP contribution is 2.44. The highest BCUT2D eigenvalue weighted by molar-refractivity contribution is 7.99. The van der Waals surface area contributed by atoms with Crippen LogP contribution in [0.15, 0.2) is 30.9 Å². The minimum absolute atomic E-state index is 0.101. The number of aromatic amines is 1. The zero-order valence-electron chi connectivity index (χ0n) is 23.2. The normalized spacial score (nSPS) is 24.6. The molecule has 0 aliphatic carbocycles. The first-order valence-corrected chi connectivity index (χ1v) is 14.8. The molecule has 5 heterocycles. The van der Waals surface area contributed by atoms with Gasteiger partial charge in [-0.05, 0) is 55.6 Å². The molecule has 3 aromatic heterocycles. The van der Waals surface area contributed by atoms with E-state index >= 15 is 0 Å². The van der Waals surface area contributed by atoms with Crippen LogP contribution in [0.4, 0.5) is 5.82 Å². The largest absolute Gasteiger partial charge is 0.382 e. The number of anilines is 1. The van der Waals surface area contributed by atoms with Crippen LogP contribution in [0.3, 0.4) is 0 Å². The van der Waals surface area contributed by atoms with E-state index in [1.165, 1.54) is 11.9 Å². The van der Waals surface area contributed by atoms with Gasteiger partial charge in [0.25, 0.3) is 0 Å². The molecule has 0 radical (unpaired) electrons. The number of thioether (sulfide) groups is 1. The minimum atomic E-state index is -0.676. The summed E-state index contributed by atoms with van der Waals surface area (Å²) in [5.74, 6) is 2.59. The Morgan fingerprint density at radius 1 is 1.10 bits per heavy atom. The van der Waals surface area contributed by atoms with E-state index in [0.29, 0.717) is 17.0 Å². The number of hydrogen-bond donors (Lipinski definition) is 2. The third kappa shape index (κ3) is 5.25. The van der Waals surface area contributed by atoms with Crippen LogP contribution in [0.1, 0.15) is 65.1 Å². The lowest BCUT2D eigenvalue weighted by Crippen LogP contribution is -2.31. The quantitative estimate of drug-likeness (QED) is 0.298. The number of ether oxygens (including phenoxy) is 3. The summed E-state index contributed by atoms with van der Waals surface area (Å²) < 4.78 is 20.9. The number of hydrogen-bond acceptors (Lipinski definition) is 9. The Morgan fingerprint density at radius 3 is 2.74 bits per heavy atom. The van der Waals surface area contributed by atoms with E-state index in [2.05, 4.69) is 58.9 Å². The van der Waals surface area contributed by atoms with Crippen LogP contribution in [0, 0.1) is 0 Å². The molecule has 39 heavy (non-hydrogen) atoms. The van der Waals surface area contributed by atoms with Crippen LogP contribution in [-0.4, -0.2) is 65.1 Å². The fraction of sp³-hybridized carbons (Fsp3) is 0.571. The van der Waals surface area contributed by atoms with Gasteiger partial charge in [-0.3, -0.25) is 4.57 Å². The predicted molar refractivity (Wildman–Crippen MR) is 153 cm³/mol. The smallest absolute Gasteiger partial charge is 0.167 e. The molecule has 3 N–H and O–H groups in total. The van der Waals surface area contributed by atoms with Gasteiger partial charge in [0.15, 0.2) is 23.5 Å². The van der Waals surface area contributed by atoms with Gasteiger partial charge in [-0.15, -0.1) is 0 Å². The molecule has 2 aliphatic heterocycles. The van der Waals surface area contributed by atoms with E-state index in [-0.39, 0.29) is 23.7 Å². The number of benzene rings is 1. The first-order valence-electron chi connectivity index (χ1n) is 13.6. The van der Waals surface area contributed by atoms with Gasteiger partial charge in [-0.25, -0.2) is 19.9 Å². The molecular weight excluding hydrogens is 514 g/mol. The zero-order valence-corrected chi connectivity index (χ0v) is 24.0. The van der Waals surface area contributed by atoms with Crippen molar-refractivity contribution in [3.63, 3.8) is 0 Å². The summed E-state index contributed by atoms with van der Waals surface area (Å²) in [6.07, 6.45) is 5.34. The number of fused-ring (bicyclic) bond motifs is 3. The van der Waals surface area contributed by atoms with E-state index < -0.39 is 12.0 Å². The second-order valence-electron chi connectivity index (χ2n) is 11.9. The number of aromatic nitrogens is 6. The second kappa shape index (κ2) is 10.0. The van der Waals surface area contributed by atoms with Crippen LogP contribution < -0.4 is 5.73 Å². The Morgan fingerprint density at radius 2 is 1.92 bits per heavy atom. The SMILES string of the molecule is CC1(C)O[C@@H]2[C@@H](CSCCCCc3nc4ccc(C(C)(C)C)cc4[nH]3)OC(n3cnc4c(N)ncnc43)[C@@H]2O1. The van der Waals surface area contributed by atoms with E-state index in [0.717, 1.165) is 47.6 Å². The van der Waals surface area contributed by atoms with Gasteiger partial charge in [-0.2, -0.15) is 11.8 Å². The number of unbranched alkanes of at least 4 members (excludes halogenated alkanes) is 1. The first-order chi connectivity index (χ1) is 18.6. The van der Waals surface area contributed by atoms with Crippen molar-refractivity contribution < 1.29 is 14.2 Å². The van der Waals surface area contributed by atoms with Crippen molar-refractivity contribution in [1.82, 2.24) is 29.5 Å². The standard InChI is InChI=1S/C28H37N7O3S/c1-27(2,3)16-9-10-17-18(12-16)34-20(33-17)8-6-7-11-39-13-19-22-23(38-28(4,5)37-22)26(36-19)35-15-32-21-24(29)30-14-31-25(21)35/h9-10,12,14-15,19,22-23,26H,6-8,11,13H2,1-5H3,(H,33,34)(H2,29,30,31)/t19-,22-,23-,26?/m1/s1. The summed E-state index contributed by atoms with van der Waals surface area (Å²) in [6, 6.07) is 6.54. The molecule has 0 amide bonds. The van der Waals surface area contributed by atoms with Crippen LogP contribution in [-0.2, 0) is 26.0 Å². The number of nitrogen functional groups attached to an aromatic ring is 1. The van der Waals surface area contributed by atoms with Gasteiger partial charge in [0.1, 0.15) is 29.9 Å². The Hall–Kier alpha value is -2.73. The average Bonchev–Trinajstić information content (AvgIpc) is 3.62. The number of nitrogens with one attached hydrogen (secondary N) is 1. The lowest BCUT2D eigenvalue weighted by atomic mass is 9.87. The fourth-order valence-corrected chi connectivity index (χ4v) is 6.49.